The minimum Gasteiger partial charge on any atom is -0.497 e. The van der Waals surface area contributed by atoms with Crippen molar-refractivity contribution in [1.82, 2.24) is 4.90 Å². The van der Waals surface area contributed by atoms with E-state index in [2.05, 4.69) is 22.2 Å². The Morgan fingerprint density at radius 3 is 2.75 bits per heavy atom. The maximum atomic E-state index is 12.4. The van der Waals surface area contributed by atoms with Crippen LogP contribution in [-0.2, 0) is 11.8 Å². The van der Waals surface area contributed by atoms with E-state index in [1.54, 1.807) is 7.11 Å². The maximum absolute atomic E-state index is 12.4. The van der Waals surface area contributed by atoms with E-state index in [1.165, 1.54) is 24.0 Å². The van der Waals surface area contributed by atoms with Crippen molar-refractivity contribution in [2.75, 3.05) is 20.2 Å². The van der Waals surface area contributed by atoms with Crippen molar-refractivity contribution in [1.29, 1.82) is 0 Å². The molecule has 2 bridgehead atoms. The van der Waals surface area contributed by atoms with Crippen LogP contribution >= 0.6 is 0 Å². The fourth-order valence-corrected chi connectivity index (χ4v) is 6.83. The molecule has 0 radical (unpaired) electrons. The third-order valence-electron chi connectivity index (χ3n) is 8.75. The molecule has 5 aliphatic rings. The second-order valence-electron chi connectivity index (χ2n) is 10.1. The van der Waals surface area contributed by atoms with Crippen molar-refractivity contribution < 1.29 is 15.1 Å². The summed E-state index contributed by atoms with van der Waals surface area (Å²) in [7, 11) is 1.70. The minimum absolute atomic E-state index is 0.0653. The van der Waals surface area contributed by atoms with E-state index in [-0.39, 0.29) is 16.9 Å². The summed E-state index contributed by atoms with van der Waals surface area (Å²) < 4.78 is 5.54. The van der Waals surface area contributed by atoms with Crippen LogP contribution in [0, 0.1) is 11.3 Å². The molecule has 28 heavy (non-hydrogen) atoms. The van der Waals surface area contributed by atoms with E-state index in [4.69, 9.17) is 4.74 Å². The highest BCUT2D eigenvalue weighted by Crippen LogP contribution is 2.67. The number of piperidine rings is 1. The smallest absolute Gasteiger partial charge is 0.119 e. The normalized spacial score (nSPS) is 39.5. The fraction of sp³-hybridized carbons (Fsp3) is 0.696. The third kappa shape index (κ3) is 2.12. The summed E-state index contributed by atoms with van der Waals surface area (Å²) in [6, 6.07) is 6.56. The van der Waals surface area contributed by atoms with Gasteiger partial charge in [-0.15, -0.1) is 0 Å². The zero-order valence-corrected chi connectivity index (χ0v) is 16.7. The van der Waals surface area contributed by atoms with Gasteiger partial charge < -0.3 is 15.1 Å². The van der Waals surface area contributed by atoms with E-state index in [0.29, 0.717) is 6.42 Å². The second-order valence-corrected chi connectivity index (χ2v) is 10.1. The van der Waals surface area contributed by atoms with E-state index >= 15 is 0 Å². The van der Waals surface area contributed by atoms with E-state index in [1.807, 2.05) is 6.07 Å². The number of nitrogens with zero attached hydrogens (tertiary/aromatic N) is 2. The zero-order chi connectivity index (χ0) is 19.1. The predicted octanol–water partition coefficient (Wildman–Crippen LogP) is 3.11. The van der Waals surface area contributed by atoms with Crippen LogP contribution in [0.5, 0.6) is 5.75 Å². The Labute approximate surface area is 166 Å². The minimum atomic E-state index is -0.760. The molecule has 2 N–H and O–H groups in total. The molecule has 3 saturated carbocycles. The average molecular weight is 383 g/mol. The average Bonchev–Trinajstić information content (AvgIpc) is 3.61. The number of ether oxygens (including phenoxy) is 1. The number of oxime groups is 1. The molecule has 1 aromatic carbocycles. The van der Waals surface area contributed by atoms with Gasteiger partial charge in [0.1, 0.15) is 5.75 Å². The molecule has 0 amide bonds. The van der Waals surface area contributed by atoms with Gasteiger partial charge in [0.15, 0.2) is 0 Å². The van der Waals surface area contributed by atoms with Gasteiger partial charge in [0.05, 0.1) is 18.4 Å². The summed E-state index contributed by atoms with van der Waals surface area (Å²) in [5.74, 6) is 1.67. The van der Waals surface area contributed by atoms with Gasteiger partial charge in [0, 0.05) is 29.8 Å². The quantitative estimate of drug-likeness (QED) is 0.623. The molecule has 5 nitrogen and oxygen atoms in total. The van der Waals surface area contributed by atoms with Crippen molar-refractivity contribution in [3.05, 3.63) is 29.3 Å². The lowest BCUT2D eigenvalue weighted by Crippen LogP contribution is -2.74. The number of hydrogen-bond donors (Lipinski definition) is 2. The van der Waals surface area contributed by atoms with E-state index < -0.39 is 5.60 Å². The van der Waals surface area contributed by atoms with Crippen molar-refractivity contribution in [3.8, 4) is 5.75 Å². The van der Waals surface area contributed by atoms with Gasteiger partial charge >= 0.3 is 0 Å². The molecule has 1 aromatic rings. The Morgan fingerprint density at radius 1 is 1.25 bits per heavy atom. The van der Waals surface area contributed by atoms with Gasteiger partial charge in [0.25, 0.3) is 0 Å². The lowest BCUT2D eigenvalue weighted by atomic mass is 9.47. The number of methoxy groups -OCH3 is 1. The summed E-state index contributed by atoms with van der Waals surface area (Å²) in [6.07, 6.45) is 8.01. The van der Waals surface area contributed by atoms with Crippen LogP contribution in [-0.4, -0.2) is 52.8 Å². The van der Waals surface area contributed by atoms with Gasteiger partial charge in [0.2, 0.25) is 0 Å². The number of aliphatic hydroxyl groups is 1. The number of rotatable bonds is 3. The van der Waals surface area contributed by atoms with Crippen molar-refractivity contribution in [2.45, 2.75) is 68.4 Å². The Balaban J connectivity index is 1.52. The van der Waals surface area contributed by atoms with Crippen molar-refractivity contribution in [3.63, 3.8) is 0 Å². The molecule has 3 atom stereocenters. The lowest BCUT2D eigenvalue weighted by Gasteiger charge is -2.65. The predicted molar refractivity (Wildman–Crippen MR) is 106 cm³/mol. The summed E-state index contributed by atoms with van der Waals surface area (Å²) in [6.45, 7) is 2.15. The molecular formula is C23H30N2O3. The molecule has 1 saturated heterocycles. The topological polar surface area (TPSA) is 65.3 Å². The molecule has 150 valence electrons. The first-order valence-electron chi connectivity index (χ1n) is 10.9. The zero-order valence-electron chi connectivity index (χ0n) is 16.7. The molecule has 5 heteroatoms. The Kier molecular flexibility index (Phi) is 3.40. The Bertz CT molecular complexity index is 859. The van der Waals surface area contributed by atoms with Crippen LogP contribution in [0.4, 0.5) is 0 Å². The highest BCUT2D eigenvalue weighted by molar-refractivity contribution is 5.95. The van der Waals surface area contributed by atoms with E-state index in [0.717, 1.165) is 62.6 Å². The SMILES string of the molecule is COc1ccc2c(c1)[C@]13CCN(CC4CC4)[C@H](C2)[C@]1(O)CC1(CC1)/C(=N/O)C3. The Morgan fingerprint density at radius 2 is 2.07 bits per heavy atom. The molecule has 1 heterocycles. The summed E-state index contributed by atoms with van der Waals surface area (Å²) >= 11 is 0. The molecule has 0 unspecified atom stereocenters. The molecular weight excluding hydrogens is 352 g/mol. The molecule has 6 rings (SSSR count). The molecule has 4 aliphatic carbocycles. The largest absolute Gasteiger partial charge is 0.497 e. The first-order valence-corrected chi connectivity index (χ1v) is 10.9. The van der Waals surface area contributed by atoms with Gasteiger partial charge in [-0.2, -0.15) is 0 Å². The second kappa shape index (κ2) is 5.51. The van der Waals surface area contributed by atoms with Crippen LogP contribution in [0.25, 0.3) is 0 Å². The van der Waals surface area contributed by atoms with E-state index in [9.17, 15) is 10.3 Å². The maximum Gasteiger partial charge on any atom is 0.119 e. The lowest BCUT2D eigenvalue weighted by molar-refractivity contribution is -0.162. The van der Waals surface area contributed by atoms with Crippen molar-refractivity contribution >= 4 is 5.71 Å². The molecule has 4 fully saturated rings. The fourth-order valence-electron chi connectivity index (χ4n) is 6.83. The number of fused-ring (bicyclic) bond motifs is 1. The first kappa shape index (κ1) is 17.3. The third-order valence-corrected chi connectivity index (χ3v) is 8.75. The number of benzene rings is 1. The summed E-state index contributed by atoms with van der Waals surface area (Å²) in [4.78, 5) is 2.60. The number of likely N-dealkylation sites (tertiary alicyclic amines) is 1. The molecule has 1 aliphatic heterocycles. The Hall–Kier alpha value is -1.59. The standard InChI is InChI=1S/C23H30N2O3/c1-28-17-5-4-16-10-20-23(26)14-21(6-7-21)19(24-27)12-22(23,18(16)11-17)8-9-25(20)13-15-2-3-15/h4-5,11,15,20,26-27H,2-3,6-10,12-14H2,1H3/b24-19+/t20-,22-,23-/m1/s1. The van der Waals surface area contributed by atoms with Crippen LogP contribution in [0.15, 0.2) is 23.4 Å². The highest BCUT2D eigenvalue weighted by atomic mass is 16.5. The molecule has 0 aromatic heterocycles. The van der Waals surface area contributed by atoms with Crippen molar-refractivity contribution in [2.24, 2.45) is 16.5 Å². The molecule has 1 spiro atoms. The highest BCUT2D eigenvalue weighted by Gasteiger charge is 2.71. The van der Waals surface area contributed by atoms with Crippen LogP contribution in [0.3, 0.4) is 0 Å². The van der Waals surface area contributed by atoms with Crippen LogP contribution in [0.1, 0.15) is 56.1 Å². The number of hydrogen-bond acceptors (Lipinski definition) is 5. The summed E-state index contributed by atoms with van der Waals surface area (Å²) in [5, 5.41) is 26.1. The van der Waals surface area contributed by atoms with Crippen LogP contribution < -0.4 is 4.74 Å². The van der Waals surface area contributed by atoms with Gasteiger partial charge in [-0.3, -0.25) is 4.90 Å². The monoisotopic (exact) mass is 382 g/mol. The first-order chi connectivity index (χ1) is 13.5. The van der Waals surface area contributed by atoms with Gasteiger partial charge in [-0.05, 0) is 80.7 Å². The van der Waals surface area contributed by atoms with Gasteiger partial charge in [-0.25, -0.2) is 0 Å². The summed E-state index contributed by atoms with van der Waals surface area (Å²) in [5.41, 5.74) is 2.29. The van der Waals surface area contributed by atoms with Crippen LogP contribution in [0.2, 0.25) is 0 Å². The van der Waals surface area contributed by atoms with Gasteiger partial charge in [-0.1, -0.05) is 11.2 Å².